The average Bonchev–Trinajstić information content (AvgIpc) is 2.07. The number of nitrogens with zero attached hydrogens (tertiary/aromatic N) is 1. The summed E-state index contributed by atoms with van der Waals surface area (Å²) in [5, 5.41) is 9.58. The zero-order valence-corrected chi connectivity index (χ0v) is 12.6. The van der Waals surface area contributed by atoms with Crippen LogP contribution in [0.5, 0.6) is 0 Å². The molecule has 0 aliphatic heterocycles. The Morgan fingerprint density at radius 3 is 2.25 bits per heavy atom. The van der Waals surface area contributed by atoms with E-state index in [0.29, 0.717) is 6.61 Å². The van der Waals surface area contributed by atoms with E-state index in [1.165, 1.54) is 0 Å². The molecule has 1 atom stereocenters. The Kier molecular flexibility index (Phi) is 11.3. The number of ether oxygens (including phenoxy) is 1. The summed E-state index contributed by atoms with van der Waals surface area (Å²) >= 11 is 1.79. The molecule has 0 rings (SSSR count). The smallest absolute Gasteiger partial charge is 0.0872 e. The largest absolute Gasteiger partial charge is 1.00 e. The molecule has 1 N–H and O–H groups in total. The van der Waals surface area contributed by atoms with E-state index in [1.807, 2.05) is 13.8 Å². The molecule has 0 heterocycles. The second kappa shape index (κ2) is 9.54. The van der Waals surface area contributed by atoms with Crippen molar-refractivity contribution in [2.24, 2.45) is 0 Å². The Morgan fingerprint density at radius 1 is 1.25 bits per heavy atom. The van der Waals surface area contributed by atoms with Crippen molar-refractivity contribution >= 4 is 11.8 Å². The van der Waals surface area contributed by atoms with Gasteiger partial charge in [0.05, 0.1) is 46.5 Å². The highest BCUT2D eigenvalue weighted by Crippen LogP contribution is 2.06. The Hall–Kier alpha value is 0.520. The second-order valence-corrected chi connectivity index (χ2v) is 6.27. The lowest BCUT2D eigenvalue weighted by atomic mass is 10.4. The van der Waals surface area contributed by atoms with Gasteiger partial charge >= 0.3 is 0 Å². The average molecular weight is 272 g/mol. The third-order valence-electron chi connectivity index (χ3n) is 1.84. The van der Waals surface area contributed by atoms with Crippen LogP contribution in [0, 0.1) is 0 Å². The summed E-state index contributed by atoms with van der Waals surface area (Å²) in [6, 6.07) is 0. The maximum Gasteiger partial charge on any atom is 0.0872 e. The van der Waals surface area contributed by atoms with Crippen molar-refractivity contribution in [3.63, 3.8) is 0 Å². The number of thioether (sulfide) groups is 1. The molecular formula is C11H26ClNO2S. The molecule has 1 unspecified atom stereocenters. The van der Waals surface area contributed by atoms with Crippen LogP contribution >= 0.6 is 11.8 Å². The lowest BCUT2D eigenvalue weighted by Crippen LogP contribution is -3.00. The normalized spacial score (nSPS) is 13.7. The molecule has 5 heteroatoms. The summed E-state index contributed by atoms with van der Waals surface area (Å²) in [6.07, 6.45) is -0.124. The fourth-order valence-corrected chi connectivity index (χ4v) is 2.12. The first kappa shape index (κ1) is 18.9. The Morgan fingerprint density at radius 2 is 1.81 bits per heavy atom. The van der Waals surface area contributed by atoms with Gasteiger partial charge in [0.2, 0.25) is 0 Å². The molecule has 0 bridgehead atoms. The highest BCUT2D eigenvalue weighted by atomic mass is 35.5. The fourth-order valence-electron chi connectivity index (χ4n) is 0.909. The van der Waals surface area contributed by atoms with Gasteiger partial charge in [-0.25, -0.2) is 0 Å². The first-order chi connectivity index (χ1) is 6.81. The number of hydrogen-bond acceptors (Lipinski definition) is 3. The van der Waals surface area contributed by atoms with E-state index in [-0.39, 0.29) is 24.6 Å². The highest BCUT2D eigenvalue weighted by molar-refractivity contribution is 7.99. The lowest BCUT2D eigenvalue weighted by molar-refractivity contribution is -0.867. The van der Waals surface area contributed by atoms with Crippen molar-refractivity contribution in [1.29, 1.82) is 0 Å². The van der Waals surface area contributed by atoms with E-state index >= 15 is 0 Å². The Balaban J connectivity index is 0. The van der Waals surface area contributed by atoms with Crippen LogP contribution in [0.2, 0.25) is 0 Å². The van der Waals surface area contributed by atoms with E-state index in [2.05, 4.69) is 21.1 Å². The van der Waals surface area contributed by atoms with E-state index in [4.69, 9.17) is 4.74 Å². The molecule has 0 aliphatic carbocycles. The number of rotatable bonds is 8. The predicted octanol–water partition coefficient (Wildman–Crippen LogP) is -1.78. The van der Waals surface area contributed by atoms with Crippen LogP contribution in [0.25, 0.3) is 0 Å². The summed E-state index contributed by atoms with van der Waals surface area (Å²) in [6.45, 7) is 5.55. The van der Waals surface area contributed by atoms with E-state index in [0.717, 1.165) is 22.5 Å². The molecule has 0 aromatic rings. The maximum atomic E-state index is 9.58. The molecule has 16 heavy (non-hydrogen) atoms. The monoisotopic (exact) mass is 271 g/mol. The number of aliphatic hydroxyl groups is 1. The minimum absolute atomic E-state index is 0. The number of aliphatic hydroxyl groups excluding tert-OH is 1. The molecule has 0 fully saturated rings. The van der Waals surface area contributed by atoms with Crippen molar-refractivity contribution in [2.45, 2.75) is 26.1 Å². The van der Waals surface area contributed by atoms with Crippen LogP contribution in [0.3, 0.4) is 0 Å². The molecule has 0 saturated carbocycles. The summed E-state index contributed by atoms with van der Waals surface area (Å²) in [7, 11) is 6.54. The lowest BCUT2D eigenvalue weighted by Gasteiger charge is -2.23. The maximum absolute atomic E-state index is 9.58. The molecule has 0 radical (unpaired) electrons. The number of halogens is 1. The predicted molar refractivity (Wildman–Crippen MR) is 67.3 cm³/mol. The van der Waals surface area contributed by atoms with Crippen molar-refractivity contribution in [1.82, 2.24) is 0 Å². The quantitative estimate of drug-likeness (QED) is 0.418. The van der Waals surface area contributed by atoms with Crippen LogP contribution in [0.1, 0.15) is 13.8 Å². The Bertz CT molecular complexity index is 163. The van der Waals surface area contributed by atoms with Crippen molar-refractivity contribution < 1.29 is 26.7 Å². The van der Waals surface area contributed by atoms with Gasteiger partial charge in [-0.1, -0.05) is 0 Å². The van der Waals surface area contributed by atoms with Crippen molar-refractivity contribution in [2.75, 3.05) is 45.8 Å². The van der Waals surface area contributed by atoms with Gasteiger partial charge in [-0.15, -0.1) is 0 Å². The topological polar surface area (TPSA) is 29.5 Å². The molecule has 0 spiro atoms. The summed E-state index contributed by atoms with van der Waals surface area (Å²) in [4.78, 5) is 0. The first-order valence-electron chi connectivity index (χ1n) is 5.49. The second-order valence-electron chi connectivity index (χ2n) is 5.12. The zero-order valence-electron chi connectivity index (χ0n) is 11.1. The van der Waals surface area contributed by atoms with Crippen molar-refractivity contribution in [3.05, 3.63) is 0 Å². The summed E-state index contributed by atoms with van der Waals surface area (Å²) in [5.41, 5.74) is 0. The molecule has 0 aliphatic rings. The first-order valence-corrected chi connectivity index (χ1v) is 6.64. The van der Waals surface area contributed by atoms with Gasteiger partial charge in [0.1, 0.15) is 0 Å². The van der Waals surface area contributed by atoms with Crippen LogP contribution in [-0.4, -0.2) is 67.6 Å². The van der Waals surface area contributed by atoms with E-state index < -0.39 is 0 Å². The van der Waals surface area contributed by atoms with E-state index in [9.17, 15) is 5.11 Å². The standard InChI is InChI=1S/C11H26NO2S.ClH/c1-10(2)14-8-11(13)9-15-7-6-12(3,4)5;/h10-11,13H,6-9H2,1-5H3;1H/q+1;/p-1. The number of quaternary nitrogens is 1. The van der Waals surface area contributed by atoms with Gasteiger partial charge in [-0.05, 0) is 13.8 Å². The minimum atomic E-state index is -0.329. The third-order valence-corrected chi connectivity index (χ3v) is 2.93. The molecule has 0 aromatic heterocycles. The molecule has 3 nitrogen and oxygen atoms in total. The molecule has 0 saturated heterocycles. The van der Waals surface area contributed by atoms with Gasteiger partial charge in [0, 0.05) is 11.5 Å². The van der Waals surface area contributed by atoms with Crippen LogP contribution in [0.15, 0.2) is 0 Å². The van der Waals surface area contributed by atoms with E-state index in [1.54, 1.807) is 11.8 Å². The van der Waals surface area contributed by atoms with Gasteiger partial charge in [-0.3, -0.25) is 0 Å². The van der Waals surface area contributed by atoms with Gasteiger partial charge < -0.3 is 26.7 Å². The van der Waals surface area contributed by atoms with Crippen LogP contribution in [-0.2, 0) is 4.74 Å². The zero-order chi connectivity index (χ0) is 11.9. The highest BCUT2D eigenvalue weighted by Gasteiger charge is 2.09. The minimum Gasteiger partial charge on any atom is -1.00 e. The van der Waals surface area contributed by atoms with Gasteiger partial charge in [0.15, 0.2) is 0 Å². The SMILES string of the molecule is CC(C)OCC(O)CSCC[N+](C)(C)C.[Cl-]. The summed E-state index contributed by atoms with van der Waals surface area (Å²) in [5.74, 6) is 1.86. The molecule has 100 valence electrons. The fraction of sp³-hybridized carbons (Fsp3) is 1.00. The Labute approximate surface area is 111 Å². The van der Waals surface area contributed by atoms with Gasteiger partial charge in [0.25, 0.3) is 0 Å². The third kappa shape index (κ3) is 14.5. The summed E-state index contributed by atoms with van der Waals surface area (Å²) < 4.78 is 6.31. The van der Waals surface area contributed by atoms with Crippen molar-refractivity contribution in [3.8, 4) is 0 Å². The van der Waals surface area contributed by atoms with Crippen LogP contribution < -0.4 is 12.4 Å². The molecule has 0 aromatic carbocycles. The van der Waals surface area contributed by atoms with Gasteiger partial charge in [-0.2, -0.15) is 11.8 Å². The number of hydrogen-bond donors (Lipinski definition) is 1. The molecular weight excluding hydrogens is 246 g/mol. The van der Waals surface area contributed by atoms with Crippen LogP contribution in [0.4, 0.5) is 0 Å². The molecule has 0 amide bonds.